The molecule has 0 saturated carbocycles. The molecule has 2 heterocycles. The van der Waals surface area contributed by atoms with Crippen molar-refractivity contribution >= 4 is 11.6 Å². The van der Waals surface area contributed by atoms with E-state index in [0.717, 1.165) is 29.7 Å². The summed E-state index contributed by atoms with van der Waals surface area (Å²) in [7, 11) is 3.07. The minimum absolute atomic E-state index is 0.212. The van der Waals surface area contributed by atoms with Crippen LogP contribution in [0.4, 0.5) is 0 Å². The van der Waals surface area contributed by atoms with Crippen LogP contribution in [0.15, 0.2) is 36.7 Å². The van der Waals surface area contributed by atoms with Gasteiger partial charge in [0.2, 0.25) is 0 Å². The van der Waals surface area contributed by atoms with Gasteiger partial charge in [0, 0.05) is 25.0 Å². The quantitative estimate of drug-likeness (QED) is 0.659. The number of nitrogens with zero attached hydrogens (tertiary/aromatic N) is 3. The van der Waals surface area contributed by atoms with Crippen molar-refractivity contribution in [2.75, 3.05) is 20.8 Å². The maximum Gasteiger partial charge on any atom is 0.258 e. The Bertz CT molecular complexity index is 898. The number of amides is 1. The number of ether oxygens (including phenoxy) is 2. The molecule has 0 fully saturated rings. The monoisotopic (exact) mass is 354 g/mol. The summed E-state index contributed by atoms with van der Waals surface area (Å²) < 4.78 is 12.3. The van der Waals surface area contributed by atoms with Crippen molar-refractivity contribution in [1.29, 1.82) is 0 Å². The van der Waals surface area contributed by atoms with Gasteiger partial charge >= 0.3 is 0 Å². The highest BCUT2D eigenvalue weighted by Gasteiger charge is 2.17. The van der Waals surface area contributed by atoms with Gasteiger partial charge in [0.05, 0.1) is 19.9 Å². The van der Waals surface area contributed by atoms with Crippen molar-refractivity contribution in [2.45, 2.75) is 19.8 Å². The number of hydrogen-bond donors (Lipinski definition) is 1. The van der Waals surface area contributed by atoms with Crippen molar-refractivity contribution < 1.29 is 14.3 Å². The lowest BCUT2D eigenvalue weighted by Gasteiger charge is -2.13. The smallest absolute Gasteiger partial charge is 0.258 e. The summed E-state index contributed by atoms with van der Waals surface area (Å²) in [6.07, 6.45) is 5.41. The van der Waals surface area contributed by atoms with E-state index in [9.17, 15) is 4.79 Å². The molecule has 7 nitrogen and oxygen atoms in total. The zero-order valence-corrected chi connectivity index (χ0v) is 15.2. The molecule has 1 aromatic carbocycles. The first-order chi connectivity index (χ1) is 12.6. The number of aryl methyl sites for hydroxylation is 2. The fraction of sp³-hybridized carbons (Fsp3) is 0.316. The molecule has 0 bridgehead atoms. The van der Waals surface area contributed by atoms with E-state index in [0.29, 0.717) is 23.6 Å². The van der Waals surface area contributed by atoms with Gasteiger partial charge in [-0.25, -0.2) is 9.50 Å². The van der Waals surface area contributed by atoms with Crippen LogP contribution in [0.3, 0.4) is 0 Å². The lowest BCUT2D eigenvalue weighted by Crippen LogP contribution is -2.25. The first-order valence-corrected chi connectivity index (χ1v) is 8.42. The number of benzene rings is 1. The van der Waals surface area contributed by atoms with Gasteiger partial charge in [-0.1, -0.05) is 6.07 Å². The average molecular weight is 354 g/mol. The van der Waals surface area contributed by atoms with Crippen LogP contribution in [-0.4, -0.2) is 41.3 Å². The van der Waals surface area contributed by atoms with Gasteiger partial charge in [0.15, 0.2) is 5.65 Å². The second-order valence-corrected chi connectivity index (χ2v) is 5.95. The summed E-state index contributed by atoms with van der Waals surface area (Å²) in [4.78, 5) is 16.9. The van der Waals surface area contributed by atoms with Crippen LogP contribution in [0.2, 0.25) is 0 Å². The fourth-order valence-electron chi connectivity index (χ4n) is 2.82. The van der Waals surface area contributed by atoms with E-state index in [2.05, 4.69) is 15.4 Å². The molecule has 7 heteroatoms. The molecular weight excluding hydrogens is 332 g/mol. The Morgan fingerprint density at radius 1 is 1.23 bits per heavy atom. The Hall–Kier alpha value is -3.09. The van der Waals surface area contributed by atoms with Crippen molar-refractivity contribution in [3.05, 3.63) is 53.5 Å². The number of fused-ring (bicyclic) bond motifs is 1. The third kappa shape index (κ3) is 3.77. The molecule has 0 aliphatic heterocycles. The van der Waals surface area contributed by atoms with E-state index >= 15 is 0 Å². The van der Waals surface area contributed by atoms with E-state index in [1.54, 1.807) is 22.7 Å². The summed E-state index contributed by atoms with van der Waals surface area (Å²) in [5.41, 5.74) is 3.26. The average Bonchev–Trinajstić information content (AvgIpc) is 3.03. The summed E-state index contributed by atoms with van der Waals surface area (Å²) in [5.74, 6) is 0.770. The zero-order chi connectivity index (χ0) is 18.5. The molecule has 1 N–H and O–H groups in total. The second kappa shape index (κ2) is 7.86. The molecule has 0 radical (unpaired) electrons. The van der Waals surface area contributed by atoms with Gasteiger partial charge < -0.3 is 14.8 Å². The molecule has 0 aliphatic rings. The Kier molecular flexibility index (Phi) is 5.36. The van der Waals surface area contributed by atoms with Crippen LogP contribution in [0.1, 0.15) is 28.0 Å². The summed E-state index contributed by atoms with van der Waals surface area (Å²) in [6, 6.07) is 7.20. The van der Waals surface area contributed by atoms with Gasteiger partial charge in [0.1, 0.15) is 17.1 Å². The topological polar surface area (TPSA) is 77.8 Å². The van der Waals surface area contributed by atoms with E-state index < -0.39 is 0 Å². The Morgan fingerprint density at radius 3 is 2.65 bits per heavy atom. The first-order valence-electron chi connectivity index (χ1n) is 8.42. The van der Waals surface area contributed by atoms with Crippen LogP contribution in [0, 0.1) is 6.92 Å². The molecule has 1 amide bonds. The third-order valence-electron chi connectivity index (χ3n) is 4.07. The third-order valence-corrected chi connectivity index (χ3v) is 4.07. The minimum Gasteiger partial charge on any atom is -0.496 e. The maximum atomic E-state index is 12.5. The Balaban J connectivity index is 1.58. The van der Waals surface area contributed by atoms with Crippen molar-refractivity contribution in [3.63, 3.8) is 0 Å². The van der Waals surface area contributed by atoms with E-state index in [1.807, 2.05) is 25.4 Å². The Morgan fingerprint density at radius 2 is 1.96 bits per heavy atom. The highest BCUT2D eigenvalue weighted by Crippen LogP contribution is 2.27. The lowest BCUT2D eigenvalue weighted by molar-refractivity contribution is 0.0947. The van der Waals surface area contributed by atoms with Crippen LogP contribution >= 0.6 is 0 Å². The summed E-state index contributed by atoms with van der Waals surface area (Å²) in [6.45, 7) is 2.48. The molecule has 0 aliphatic carbocycles. The number of nitrogens with one attached hydrogen (secondary N) is 1. The number of carbonyl (C=O) groups is 1. The van der Waals surface area contributed by atoms with Gasteiger partial charge in [0.25, 0.3) is 5.91 Å². The molecule has 0 saturated heterocycles. The first kappa shape index (κ1) is 17.7. The number of methoxy groups -OCH3 is 2. The van der Waals surface area contributed by atoms with Gasteiger partial charge in [-0.05, 0) is 37.5 Å². The molecule has 136 valence electrons. The second-order valence-electron chi connectivity index (χ2n) is 5.95. The number of hydrogen-bond acceptors (Lipinski definition) is 5. The molecule has 3 aromatic rings. The molecule has 2 aromatic heterocycles. The van der Waals surface area contributed by atoms with E-state index in [-0.39, 0.29) is 5.91 Å². The number of aromatic nitrogens is 3. The van der Waals surface area contributed by atoms with Crippen LogP contribution in [0.5, 0.6) is 11.5 Å². The molecule has 26 heavy (non-hydrogen) atoms. The predicted molar refractivity (Wildman–Crippen MR) is 97.9 cm³/mol. The van der Waals surface area contributed by atoms with Gasteiger partial charge in [-0.2, -0.15) is 5.10 Å². The predicted octanol–water partition coefficient (Wildman–Crippen LogP) is 2.42. The van der Waals surface area contributed by atoms with E-state index in [4.69, 9.17) is 9.47 Å². The summed E-state index contributed by atoms with van der Waals surface area (Å²) in [5, 5.41) is 7.28. The molecule has 0 unspecified atom stereocenters. The Labute approximate surface area is 152 Å². The molecule has 0 atom stereocenters. The SMILES string of the molecule is COc1cccc(OC)c1C(=O)NCCCc1cnc2cc(C)nn2c1. The highest BCUT2D eigenvalue weighted by atomic mass is 16.5. The summed E-state index contributed by atoms with van der Waals surface area (Å²) >= 11 is 0. The fourth-order valence-corrected chi connectivity index (χ4v) is 2.82. The van der Waals surface area contributed by atoms with Crippen molar-refractivity contribution in [3.8, 4) is 11.5 Å². The van der Waals surface area contributed by atoms with Gasteiger partial charge in [-0.3, -0.25) is 4.79 Å². The van der Waals surface area contributed by atoms with Crippen LogP contribution in [-0.2, 0) is 6.42 Å². The highest BCUT2D eigenvalue weighted by molar-refractivity contribution is 5.99. The maximum absolute atomic E-state index is 12.5. The zero-order valence-electron chi connectivity index (χ0n) is 15.2. The normalized spacial score (nSPS) is 10.7. The minimum atomic E-state index is -0.212. The number of carbonyl (C=O) groups excluding carboxylic acids is 1. The van der Waals surface area contributed by atoms with Crippen LogP contribution < -0.4 is 14.8 Å². The van der Waals surface area contributed by atoms with Gasteiger partial charge in [-0.15, -0.1) is 0 Å². The van der Waals surface area contributed by atoms with Crippen molar-refractivity contribution in [1.82, 2.24) is 19.9 Å². The van der Waals surface area contributed by atoms with Crippen LogP contribution in [0.25, 0.3) is 5.65 Å². The van der Waals surface area contributed by atoms with E-state index in [1.165, 1.54) is 14.2 Å². The standard InChI is InChI=1S/C19H22N4O3/c1-13-10-17-21-11-14(12-23(17)22-13)6-5-9-20-19(24)18-15(25-2)7-4-8-16(18)26-3/h4,7-8,10-12H,5-6,9H2,1-3H3,(H,20,24). The largest absolute Gasteiger partial charge is 0.496 e. The van der Waals surface area contributed by atoms with Crippen molar-refractivity contribution in [2.24, 2.45) is 0 Å². The molecule has 0 spiro atoms. The molecular formula is C19H22N4O3. The number of rotatable bonds is 7. The lowest BCUT2D eigenvalue weighted by atomic mass is 10.1. The molecule has 3 rings (SSSR count).